The zero-order valence-corrected chi connectivity index (χ0v) is 18.7. The lowest BCUT2D eigenvalue weighted by Crippen LogP contribution is -2.52. The van der Waals surface area contributed by atoms with Crippen LogP contribution < -0.4 is 4.90 Å². The molecular formula is C25H23N3O4S. The highest BCUT2D eigenvalue weighted by Gasteiger charge is 2.45. The maximum atomic E-state index is 13.7. The standard InChI is InChI=1S/C25H23N3O4S/c29-22(23-26-12-14-33-23)20-11-6-13-27(20)24(30)21-15-18-9-4-5-10-19(18)28(21)25(31)32-16-17-7-2-1-3-8-17/h1-5,7-10,12,14,20-21H,6,11,13,15-16H2/t20-,21-/m0/s1. The number of thiazole rings is 1. The van der Waals surface area contributed by atoms with E-state index < -0.39 is 18.2 Å². The average molecular weight is 462 g/mol. The van der Waals surface area contributed by atoms with Crippen LogP contribution in [-0.2, 0) is 22.6 Å². The monoisotopic (exact) mass is 461 g/mol. The van der Waals surface area contributed by atoms with Gasteiger partial charge in [0.1, 0.15) is 12.6 Å². The molecule has 5 rings (SSSR count). The van der Waals surface area contributed by atoms with Crippen molar-refractivity contribution in [3.05, 3.63) is 82.3 Å². The summed E-state index contributed by atoms with van der Waals surface area (Å²) in [4.78, 5) is 47.0. The molecule has 2 aromatic carbocycles. The number of nitrogens with zero attached hydrogens (tertiary/aromatic N) is 3. The molecular weight excluding hydrogens is 438 g/mol. The summed E-state index contributed by atoms with van der Waals surface area (Å²) < 4.78 is 5.59. The number of likely N-dealkylation sites (tertiary alicyclic amines) is 1. The van der Waals surface area contributed by atoms with Crippen LogP contribution in [0.15, 0.2) is 66.2 Å². The number of hydrogen-bond donors (Lipinski definition) is 0. The molecule has 0 bridgehead atoms. The van der Waals surface area contributed by atoms with Gasteiger partial charge in [0.2, 0.25) is 11.7 Å². The molecule has 1 fully saturated rings. The molecule has 7 nitrogen and oxygen atoms in total. The van der Waals surface area contributed by atoms with E-state index in [2.05, 4.69) is 4.98 Å². The number of benzene rings is 2. The highest BCUT2D eigenvalue weighted by atomic mass is 32.1. The number of ketones is 1. The number of carbonyl (C=O) groups excluding carboxylic acids is 3. The number of ether oxygens (including phenoxy) is 1. The number of para-hydroxylation sites is 1. The van der Waals surface area contributed by atoms with Crippen LogP contribution in [0.2, 0.25) is 0 Å². The van der Waals surface area contributed by atoms with Gasteiger partial charge in [-0.15, -0.1) is 11.3 Å². The van der Waals surface area contributed by atoms with Gasteiger partial charge in [0.05, 0.1) is 11.7 Å². The number of aromatic nitrogens is 1. The first kappa shape index (κ1) is 21.3. The van der Waals surface area contributed by atoms with Gasteiger partial charge in [0.15, 0.2) is 5.01 Å². The molecule has 0 saturated carbocycles. The van der Waals surface area contributed by atoms with Crippen LogP contribution in [0.5, 0.6) is 0 Å². The molecule has 0 spiro atoms. The van der Waals surface area contributed by atoms with Crippen molar-refractivity contribution >= 4 is 34.8 Å². The second-order valence-corrected chi connectivity index (χ2v) is 9.04. The smallest absolute Gasteiger partial charge is 0.415 e. The van der Waals surface area contributed by atoms with Crippen LogP contribution >= 0.6 is 11.3 Å². The summed E-state index contributed by atoms with van der Waals surface area (Å²) in [6, 6.07) is 15.6. The molecule has 0 aliphatic carbocycles. The number of hydrogen-bond acceptors (Lipinski definition) is 6. The summed E-state index contributed by atoms with van der Waals surface area (Å²) in [6.45, 7) is 0.606. The Hall–Kier alpha value is -3.52. The first-order valence-corrected chi connectivity index (χ1v) is 11.8. The van der Waals surface area contributed by atoms with Gasteiger partial charge in [-0.1, -0.05) is 48.5 Å². The average Bonchev–Trinajstić information content (AvgIpc) is 3.61. The minimum Gasteiger partial charge on any atom is -0.444 e. The van der Waals surface area contributed by atoms with Gasteiger partial charge in [-0.05, 0) is 30.0 Å². The molecule has 3 heterocycles. The molecule has 2 aliphatic heterocycles. The van der Waals surface area contributed by atoms with Crippen LogP contribution in [0, 0.1) is 0 Å². The molecule has 168 valence electrons. The maximum absolute atomic E-state index is 13.7. The van der Waals surface area contributed by atoms with Gasteiger partial charge in [0.25, 0.3) is 0 Å². The topological polar surface area (TPSA) is 79.8 Å². The van der Waals surface area contributed by atoms with Crippen molar-refractivity contribution in [1.29, 1.82) is 0 Å². The van der Waals surface area contributed by atoms with Crippen molar-refractivity contribution in [2.24, 2.45) is 0 Å². The van der Waals surface area contributed by atoms with Crippen LogP contribution in [0.3, 0.4) is 0 Å². The number of Topliss-reactive ketones (excluding diaryl/α,β-unsaturated/α-hetero) is 1. The Labute approximate surface area is 195 Å². The van der Waals surface area contributed by atoms with E-state index >= 15 is 0 Å². The van der Waals surface area contributed by atoms with Crippen molar-refractivity contribution in [3.63, 3.8) is 0 Å². The molecule has 2 aliphatic rings. The third-order valence-corrected chi connectivity index (χ3v) is 6.93. The molecule has 0 N–H and O–H groups in total. The number of amides is 2. The van der Waals surface area contributed by atoms with E-state index in [-0.39, 0.29) is 18.3 Å². The summed E-state index contributed by atoms with van der Waals surface area (Å²) in [5.41, 5.74) is 2.46. The fourth-order valence-electron chi connectivity index (χ4n) is 4.58. The predicted molar refractivity (Wildman–Crippen MR) is 124 cm³/mol. The van der Waals surface area contributed by atoms with E-state index in [0.29, 0.717) is 30.1 Å². The fourth-order valence-corrected chi connectivity index (χ4v) is 5.20. The summed E-state index contributed by atoms with van der Waals surface area (Å²) in [5.74, 6) is -0.361. The minimum absolute atomic E-state index is 0.119. The SMILES string of the molecule is O=C(c1nccs1)[C@@H]1CCCN1C(=O)[C@@H]1Cc2ccccc2N1C(=O)OCc1ccccc1. The third-order valence-electron chi connectivity index (χ3n) is 6.14. The highest BCUT2D eigenvalue weighted by Crippen LogP contribution is 2.35. The van der Waals surface area contributed by atoms with Gasteiger partial charge >= 0.3 is 6.09 Å². The zero-order valence-electron chi connectivity index (χ0n) is 17.9. The van der Waals surface area contributed by atoms with Gasteiger partial charge < -0.3 is 9.64 Å². The Morgan fingerprint density at radius 2 is 1.82 bits per heavy atom. The van der Waals surface area contributed by atoms with E-state index in [1.807, 2.05) is 54.6 Å². The fraction of sp³-hybridized carbons (Fsp3) is 0.280. The van der Waals surface area contributed by atoms with E-state index in [1.165, 1.54) is 16.2 Å². The zero-order chi connectivity index (χ0) is 22.8. The quantitative estimate of drug-likeness (QED) is 0.535. The predicted octanol–water partition coefficient (Wildman–Crippen LogP) is 4.08. The second-order valence-electron chi connectivity index (χ2n) is 8.15. The van der Waals surface area contributed by atoms with Crippen molar-refractivity contribution in [2.75, 3.05) is 11.4 Å². The molecule has 0 unspecified atom stereocenters. The summed E-state index contributed by atoms with van der Waals surface area (Å²) >= 11 is 1.28. The van der Waals surface area contributed by atoms with Crippen molar-refractivity contribution in [3.8, 4) is 0 Å². The lowest BCUT2D eigenvalue weighted by Gasteiger charge is -2.30. The molecule has 1 saturated heterocycles. The van der Waals surface area contributed by atoms with Gasteiger partial charge in [-0.25, -0.2) is 9.78 Å². The lowest BCUT2D eigenvalue weighted by atomic mass is 10.1. The molecule has 0 radical (unpaired) electrons. The number of carbonyl (C=O) groups is 3. The molecule has 8 heteroatoms. The first-order valence-electron chi connectivity index (χ1n) is 11.0. The van der Waals surface area contributed by atoms with Crippen molar-refractivity contribution < 1.29 is 19.1 Å². The Morgan fingerprint density at radius 3 is 2.61 bits per heavy atom. The molecule has 2 atom stereocenters. The summed E-state index contributed by atoms with van der Waals surface area (Å²) in [6.07, 6.45) is 2.76. The number of anilines is 1. The Balaban J connectivity index is 1.38. The van der Waals surface area contributed by atoms with E-state index in [1.54, 1.807) is 16.5 Å². The normalized spacial score (nSPS) is 19.4. The number of rotatable bonds is 5. The van der Waals surface area contributed by atoms with E-state index in [4.69, 9.17) is 4.74 Å². The second kappa shape index (κ2) is 9.15. The van der Waals surface area contributed by atoms with Crippen LogP contribution in [0.25, 0.3) is 0 Å². The van der Waals surface area contributed by atoms with E-state index in [9.17, 15) is 14.4 Å². The number of fused-ring (bicyclic) bond motifs is 1. The lowest BCUT2D eigenvalue weighted by molar-refractivity contribution is -0.132. The molecule has 2 amide bonds. The van der Waals surface area contributed by atoms with Gasteiger partial charge in [0, 0.05) is 24.5 Å². The molecule has 1 aromatic heterocycles. The van der Waals surface area contributed by atoms with Crippen LogP contribution in [-0.4, -0.2) is 46.3 Å². The Bertz CT molecular complexity index is 1170. The minimum atomic E-state index is -0.740. The van der Waals surface area contributed by atoms with Gasteiger partial charge in [-0.2, -0.15) is 0 Å². The summed E-state index contributed by atoms with van der Waals surface area (Å²) in [5, 5.41) is 2.17. The first-order chi connectivity index (χ1) is 16.1. The third kappa shape index (κ3) is 4.14. The van der Waals surface area contributed by atoms with Gasteiger partial charge in [-0.3, -0.25) is 14.5 Å². The largest absolute Gasteiger partial charge is 0.444 e. The van der Waals surface area contributed by atoms with Crippen LogP contribution in [0.4, 0.5) is 10.5 Å². The Kier molecular flexibility index (Phi) is 5.92. The highest BCUT2D eigenvalue weighted by molar-refractivity contribution is 7.11. The maximum Gasteiger partial charge on any atom is 0.415 e. The van der Waals surface area contributed by atoms with Crippen molar-refractivity contribution in [1.82, 2.24) is 9.88 Å². The Morgan fingerprint density at radius 1 is 1.03 bits per heavy atom. The van der Waals surface area contributed by atoms with E-state index in [0.717, 1.165) is 17.5 Å². The molecule has 33 heavy (non-hydrogen) atoms. The summed E-state index contributed by atoms with van der Waals surface area (Å²) in [7, 11) is 0. The molecule has 3 aromatic rings. The van der Waals surface area contributed by atoms with Crippen LogP contribution in [0.1, 0.15) is 33.8 Å². The van der Waals surface area contributed by atoms with Crippen molar-refractivity contribution in [2.45, 2.75) is 38.0 Å².